The second-order valence-electron chi connectivity index (χ2n) is 5.70. The van der Waals surface area contributed by atoms with Crippen LogP contribution in [0.2, 0.25) is 0 Å². The molecule has 6 nitrogen and oxygen atoms in total. The average molecular weight is 356 g/mol. The van der Waals surface area contributed by atoms with Crippen LogP contribution in [0.3, 0.4) is 0 Å². The van der Waals surface area contributed by atoms with Gasteiger partial charge >= 0.3 is 0 Å². The van der Waals surface area contributed by atoms with Crippen molar-refractivity contribution >= 4 is 22.4 Å². The lowest BCUT2D eigenvalue weighted by Gasteiger charge is -1.97. The van der Waals surface area contributed by atoms with Crippen molar-refractivity contribution in [1.29, 1.82) is 0 Å². The number of unbranched alkanes of at least 4 members (excludes halogenated alkanes) is 2. The number of hydrogen-bond donors (Lipinski definition) is 1. The van der Waals surface area contributed by atoms with Crippen LogP contribution in [-0.2, 0) is 6.42 Å². The number of aromatic nitrogens is 3. The molecule has 3 rings (SSSR count). The fourth-order valence-corrected chi connectivity index (χ4v) is 3.18. The van der Waals surface area contributed by atoms with Crippen molar-refractivity contribution < 1.29 is 9.21 Å². The highest BCUT2D eigenvalue weighted by atomic mass is 32.1. The van der Waals surface area contributed by atoms with Crippen LogP contribution >= 0.6 is 11.3 Å². The Hall–Kier alpha value is -2.54. The summed E-state index contributed by atoms with van der Waals surface area (Å²) in [6.07, 6.45) is 4.31. The van der Waals surface area contributed by atoms with Gasteiger partial charge in [-0.3, -0.25) is 10.1 Å². The highest BCUT2D eigenvalue weighted by Gasteiger charge is 2.19. The number of nitrogens with one attached hydrogen (secondary N) is 1. The zero-order valence-electron chi connectivity index (χ0n) is 14.3. The molecular formula is C18H20N4O2S. The molecule has 0 aliphatic heterocycles. The number of hydrogen-bond acceptors (Lipinski definition) is 6. The molecule has 0 unspecified atom stereocenters. The van der Waals surface area contributed by atoms with E-state index in [4.69, 9.17) is 4.42 Å². The minimum Gasteiger partial charge on any atom is -0.441 e. The molecule has 0 spiro atoms. The van der Waals surface area contributed by atoms with E-state index in [1.807, 2.05) is 30.3 Å². The van der Waals surface area contributed by atoms with E-state index >= 15 is 0 Å². The van der Waals surface area contributed by atoms with Gasteiger partial charge in [0.25, 0.3) is 5.91 Å². The first-order valence-corrected chi connectivity index (χ1v) is 9.15. The molecule has 0 radical (unpaired) electrons. The van der Waals surface area contributed by atoms with Crippen molar-refractivity contribution in [1.82, 2.24) is 15.2 Å². The highest BCUT2D eigenvalue weighted by Crippen LogP contribution is 2.23. The van der Waals surface area contributed by atoms with Gasteiger partial charge in [-0.2, -0.15) is 0 Å². The molecule has 0 aliphatic rings. The molecule has 3 aromatic rings. The first kappa shape index (κ1) is 17.3. The lowest BCUT2D eigenvalue weighted by molar-refractivity contribution is 0.102. The highest BCUT2D eigenvalue weighted by molar-refractivity contribution is 7.15. The summed E-state index contributed by atoms with van der Waals surface area (Å²) in [5, 5.41) is 12.3. The van der Waals surface area contributed by atoms with Gasteiger partial charge in [0.2, 0.25) is 11.0 Å². The smallest absolute Gasteiger partial charge is 0.279 e. The summed E-state index contributed by atoms with van der Waals surface area (Å²) in [5.41, 5.74) is 1.10. The summed E-state index contributed by atoms with van der Waals surface area (Å²) in [6, 6.07) is 9.49. The van der Waals surface area contributed by atoms with Crippen molar-refractivity contribution in [2.24, 2.45) is 0 Å². The van der Waals surface area contributed by atoms with Gasteiger partial charge in [0.05, 0.1) is 0 Å². The normalized spacial score (nSPS) is 10.8. The van der Waals surface area contributed by atoms with E-state index in [0.717, 1.165) is 29.8 Å². The van der Waals surface area contributed by atoms with Crippen LogP contribution in [0.4, 0.5) is 5.13 Å². The first-order valence-electron chi connectivity index (χ1n) is 8.34. The number of oxazole rings is 1. The number of aryl methyl sites for hydroxylation is 2. The summed E-state index contributed by atoms with van der Waals surface area (Å²) in [5.74, 6) is 0.574. The van der Waals surface area contributed by atoms with E-state index < -0.39 is 0 Å². The third-order valence-electron chi connectivity index (χ3n) is 3.71. The monoisotopic (exact) mass is 356 g/mol. The number of carbonyl (C=O) groups is 1. The molecule has 25 heavy (non-hydrogen) atoms. The molecule has 0 saturated carbocycles. The largest absolute Gasteiger partial charge is 0.441 e. The minimum absolute atomic E-state index is 0.265. The van der Waals surface area contributed by atoms with E-state index in [1.54, 1.807) is 6.92 Å². The van der Waals surface area contributed by atoms with Crippen molar-refractivity contribution in [2.75, 3.05) is 5.32 Å². The number of benzene rings is 1. The fourth-order valence-electron chi connectivity index (χ4n) is 2.40. The molecule has 0 fully saturated rings. The lowest BCUT2D eigenvalue weighted by atomic mass is 10.2. The zero-order chi connectivity index (χ0) is 17.6. The Morgan fingerprint density at radius 1 is 1.20 bits per heavy atom. The van der Waals surface area contributed by atoms with Gasteiger partial charge in [0.15, 0.2) is 5.69 Å². The standard InChI is InChI=1S/C18H20N4O2S/c1-3-4-6-11-14-21-22-18(25-14)20-16(23)15-12(2)24-17(19-15)13-9-7-5-8-10-13/h5,7-10H,3-4,6,11H2,1-2H3,(H,20,22,23). The van der Waals surface area contributed by atoms with Gasteiger partial charge in [-0.25, -0.2) is 4.98 Å². The van der Waals surface area contributed by atoms with Crippen LogP contribution < -0.4 is 5.32 Å². The van der Waals surface area contributed by atoms with Gasteiger partial charge in [-0.1, -0.05) is 49.3 Å². The van der Waals surface area contributed by atoms with E-state index in [9.17, 15) is 4.79 Å². The molecule has 0 saturated heterocycles. The molecule has 0 atom stereocenters. The first-order chi connectivity index (χ1) is 12.2. The van der Waals surface area contributed by atoms with Gasteiger partial charge in [0.1, 0.15) is 10.8 Å². The molecule has 7 heteroatoms. The fraction of sp³-hybridized carbons (Fsp3) is 0.333. The van der Waals surface area contributed by atoms with Crippen LogP contribution in [0.1, 0.15) is 47.4 Å². The van der Waals surface area contributed by atoms with Crippen molar-refractivity contribution in [3.05, 3.63) is 46.8 Å². The Morgan fingerprint density at radius 2 is 2.00 bits per heavy atom. The van der Waals surface area contributed by atoms with Crippen LogP contribution in [0.25, 0.3) is 11.5 Å². The summed E-state index contributed by atoms with van der Waals surface area (Å²) in [4.78, 5) is 16.8. The maximum absolute atomic E-state index is 12.5. The molecule has 1 N–H and O–H groups in total. The van der Waals surface area contributed by atoms with Crippen molar-refractivity contribution in [3.63, 3.8) is 0 Å². The molecule has 1 amide bonds. The van der Waals surface area contributed by atoms with Gasteiger partial charge in [-0.15, -0.1) is 10.2 Å². The molecule has 0 bridgehead atoms. The van der Waals surface area contributed by atoms with Crippen molar-refractivity contribution in [2.45, 2.75) is 39.5 Å². The molecule has 1 aromatic carbocycles. The van der Waals surface area contributed by atoms with Crippen LogP contribution in [0.15, 0.2) is 34.7 Å². The van der Waals surface area contributed by atoms with E-state index in [2.05, 4.69) is 27.4 Å². The third-order valence-corrected chi connectivity index (χ3v) is 4.61. The maximum Gasteiger partial charge on any atom is 0.279 e. The number of amides is 1. The Kier molecular flexibility index (Phi) is 5.55. The topological polar surface area (TPSA) is 80.9 Å². The number of rotatable bonds is 7. The lowest BCUT2D eigenvalue weighted by Crippen LogP contribution is -2.13. The number of nitrogens with zero attached hydrogens (tertiary/aromatic N) is 3. The Morgan fingerprint density at radius 3 is 2.76 bits per heavy atom. The van der Waals surface area contributed by atoms with Crippen LogP contribution in [0.5, 0.6) is 0 Å². The molecule has 130 valence electrons. The van der Waals surface area contributed by atoms with Crippen molar-refractivity contribution in [3.8, 4) is 11.5 Å². The van der Waals surface area contributed by atoms with Gasteiger partial charge < -0.3 is 4.42 Å². The Labute approximate surface area is 150 Å². The molecule has 0 aliphatic carbocycles. The predicted octanol–water partition coefficient (Wildman–Crippen LogP) is 4.49. The minimum atomic E-state index is -0.334. The second-order valence-corrected chi connectivity index (χ2v) is 6.76. The van der Waals surface area contributed by atoms with E-state index in [-0.39, 0.29) is 11.6 Å². The molecule has 2 heterocycles. The van der Waals surface area contributed by atoms with Crippen LogP contribution in [-0.4, -0.2) is 21.1 Å². The average Bonchev–Trinajstić information content (AvgIpc) is 3.22. The molecule has 2 aromatic heterocycles. The number of carbonyl (C=O) groups excluding carboxylic acids is 1. The Bertz CT molecular complexity index is 842. The maximum atomic E-state index is 12.5. The summed E-state index contributed by atoms with van der Waals surface area (Å²) >= 11 is 1.40. The summed E-state index contributed by atoms with van der Waals surface area (Å²) in [7, 11) is 0. The molecular weight excluding hydrogens is 336 g/mol. The van der Waals surface area contributed by atoms with E-state index in [1.165, 1.54) is 17.8 Å². The summed E-state index contributed by atoms with van der Waals surface area (Å²) in [6.45, 7) is 3.89. The van der Waals surface area contributed by atoms with Gasteiger partial charge in [-0.05, 0) is 25.5 Å². The quantitative estimate of drug-likeness (QED) is 0.631. The third kappa shape index (κ3) is 4.30. The van der Waals surface area contributed by atoms with Gasteiger partial charge in [0, 0.05) is 12.0 Å². The van der Waals surface area contributed by atoms with Crippen LogP contribution in [0, 0.1) is 6.92 Å². The second kappa shape index (κ2) is 8.02. The Balaban J connectivity index is 1.68. The number of anilines is 1. The summed E-state index contributed by atoms with van der Waals surface area (Å²) < 4.78 is 5.63. The predicted molar refractivity (Wildman–Crippen MR) is 97.8 cm³/mol. The SMILES string of the molecule is CCCCCc1nnc(NC(=O)c2nc(-c3ccccc3)oc2C)s1. The zero-order valence-corrected chi connectivity index (χ0v) is 15.1. The van der Waals surface area contributed by atoms with E-state index in [0.29, 0.717) is 16.8 Å².